The fraction of sp³-hybridized carbons (Fsp3) is 0.357. The first-order chi connectivity index (χ1) is 8.35. The maximum atomic E-state index is 5.83. The molecule has 2 aromatic rings. The van der Waals surface area contributed by atoms with E-state index in [1.807, 2.05) is 30.6 Å². The minimum atomic E-state index is 0.526. The van der Waals surface area contributed by atoms with Gasteiger partial charge in [-0.2, -0.15) is 0 Å². The van der Waals surface area contributed by atoms with Gasteiger partial charge >= 0.3 is 0 Å². The second-order valence-corrected chi connectivity index (χ2v) is 3.88. The van der Waals surface area contributed by atoms with Crippen molar-refractivity contribution in [3.05, 3.63) is 48.0 Å². The highest BCUT2D eigenvalue weighted by molar-refractivity contribution is 5.33. The van der Waals surface area contributed by atoms with Gasteiger partial charge < -0.3 is 9.30 Å². The molecule has 1 heterocycles. The van der Waals surface area contributed by atoms with E-state index in [4.69, 9.17) is 4.74 Å². The molecule has 0 bridgehead atoms. The largest absolute Gasteiger partial charge is 0.485 e. The highest BCUT2D eigenvalue weighted by atomic mass is 16.5. The smallest absolute Gasteiger partial charge is 0.146 e. The summed E-state index contributed by atoms with van der Waals surface area (Å²) in [5, 5.41) is 0. The second kappa shape index (κ2) is 5.53. The van der Waals surface area contributed by atoms with E-state index in [1.165, 1.54) is 5.56 Å². The first-order valence-corrected chi connectivity index (χ1v) is 6.05. The van der Waals surface area contributed by atoms with E-state index in [0.717, 1.165) is 24.5 Å². The van der Waals surface area contributed by atoms with Crippen LogP contribution in [0.5, 0.6) is 5.75 Å². The number of aromatic nitrogens is 2. The normalized spacial score (nSPS) is 10.5. The lowest BCUT2D eigenvalue weighted by molar-refractivity contribution is 0.287. The summed E-state index contributed by atoms with van der Waals surface area (Å²) in [7, 11) is 0. The van der Waals surface area contributed by atoms with Gasteiger partial charge in [0.15, 0.2) is 0 Å². The molecule has 0 saturated carbocycles. The molecule has 0 N–H and O–H groups in total. The van der Waals surface area contributed by atoms with E-state index in [-0.39, 0.29) is 0 Å². The Balaban J connectivity index is 2.07. The van der Waals surface area contributed by atoms with Crippen molar-refractivity contribution in [2.75, 3.05) is 0 Å². The van der Waals surface area contributed by atoms with Gasteiger partial charge in [0.2, 0.25) is 0 Å². The van der Waals surface area contributed by atoms with Gasteiger partial charge in [-0.15, -0.1) is 0 Å². The monoisotopic (exact) mass is 230 g/mol. The SMILES string of the molecule is CCc1ccccc1OCc1nccn1CC. The first-order valence-electron chi connectivity index (χ1n) is 6.05. The number of rotatable bonds is 5. The molecule has 0 atom stereocenters. The Bertz CT molecular complexity index is 477. The van der Waals surface area contributed by atoms with E-state index in [1.54, 1.807) is 0 Å². The third-order valence-electron chi connectivity index (χ3n) is 2.85. The number of para-hydroxylation sites is 1. The Morgan fingerprint density at radius 3 is 2.82 bits per heavy atom. The van der Waals surface area contributed by atoms with Crippen LogP contribution in [0, 0.1) is 0 Å². The molecule has 0 aliphatic heterocycles. The minimum absolute atomic E-state index is 0.526. The van der Waals surface area contributed by atoms with Crippen LogP contribution in [-0.2, 0) is 19.6 Å². The molecule has 0 amide bonds. The van der Waals surface area contributed by atoms with Gasteiger partial charge in [-0.05, 0) is 25.0 Å². The average Bonchev–Trinajstić information content (AvgIpc) is 2.84. The fourth-order valence-corrected chi connectivity index (χ4v) is 1.85. The van der Waals surface area contributed by atoms with Gasteiger partial charge in [0.25, 0.3) is 0 Å². The Labute approximate surface area is 102 Å². The molecule has 2 rings (SSSR count). The Hall–Kier alpha value is -1.77. The second-order valence-electron chi connectivity index (χ2n) is 3.88. The van der Waals surface area contributed by atoms with E-state index in [9.17, 15) is 0 Å². The molecule has 90 valence electrons. The minimum Gasteiger partial charge on any atom is -0.485 e. The maximum absolute atomic E-state index is 5.83. The van der Waals surface area contributed by atoms with Crippen LogP contribution in [0.2, 0.25) is 0 Å². The maximum Gasteiger partial charge on any atom is 0.146 e. The number of hydrogen-bond acceptors (Lipinski definition) is 2. The highest BCUT2D eigenvalue weighted by Gasteiger charge is 2.04. The lowest BCUT2D eigenvalue weighted by atomic mass is 10.1. The van der Waals surface area contributed by atoms with Crippen LogP contribution in [0.3, 0.4) is 0 Å². The van der Waals surface area contributed by atoms with Crippen molar-refractivity contribution in [1.29, 1.82) is 0 Å². The van der Waals surface area contributed by atoms with Crippen molar-refractivity contribution in [2.24, 2.45) is 0 Å². The van der Waals surface area contributed by atoms with Crippen molar-refractivity contribution in [3.8, 4) is 5.75 Å². The van der Waals surface area contributed by atoms with Crippen molar-refractivity contribution < 1.29 is 4.74 Å². The summed E-state index contributed by atoms with van der Waals surface area (Å²) in [6.07, 6.45) is 4.77. The van der Waals surface area contributed by atoms with Crippen LogP contribution in [0.1, 0.15) is 25.2 Å². The van der Waals surface area contributed by atoms with Crippen molar-refractivity contribution in [3.63, 3.8) is 0 Å². The topological polar surface area (TPSA) is 27.1 Å². The zero-order chi connectivity index (χ0) is 12.1. The summed E-state index contributed by atoms with van der Waals surface area (Å²) < 4.78 is 7.92. The first kappa shape index (κ1) is 11.7. The Morgan fingerprint density at radius 1 is 1.24 bits per heavy atom. The van der Waals surface area contributed by atoms with Crippen molar-refractivity contribution >= 4 is 0 Å². The molecule has 3 heteroatoms. The molecular formula is C14H18N2O. The summed E-state index contributed by atoms with van der Waals surface area (Å²) in [6.45, 7) is 5.69. The molecule has 0 spiro atoms. The molecule has 0 unspecified atom stereocenters. The third-order valence-corrected chi connectivity index (χ3v) is 2.85. The summed E-state index contributed by atoms with van der Waals surface area (Å²) in [6, 6.07) is 8.15. The van der Waals surface area contributed by atoms with Crippen LogP contribution in [0.4, 0.5) is 0 Å². The molecule has 1 aromatic carbocycles. The molecule has 0 aliphatic carbocycles. The molecule has 17 heavy (non-hydrogen) atoms. The molecule has 0 saturated heterocycles. The van der Waals surface area contributed by atoms with E-state index in [0.29, 0.717) is 6.61 Å². The van der Waals surface area contributed by atoms with Crippen LogP contribution < -0.4 is 4.74 Å². The standard InChI is InChI=1S/C14H18N2O/c1-3-12-7-5-6-8-13(12)17-11-14-15-9-10-16(14)4-2/h5-10H,3-4,11H2,1-2H3. The zero-order valence-electron chi connectivity index (χ0n) is 10.4. The van der Waals surface area contributed by atoms with Crippen molar-refractivity contribution in [2.45, 2.75) is 33.4 Å². The van der Waals surface area contributed by atoms with E-state index < -0.39 is 0 Å². The van der Waals surface area contributed by atoms with Crippen LogP contribution in [0.15, 0.2) is 36.7 Å². The lowest BCUT2D eigenvalue weighted by Gasteiger charge is -2.10. The number of benzene rings is 1. The number of imidazole rings is 1. The van der Waals surface area contributed by atoms with E-state index >= 15 is 0 Å². The molecule has 3 nitrogen and oxygen atoms in total. The predicted molar refractivity (Wildman–Crippen MR) is 68.1 cm³/mol. The van der Waals surface area contributed by atoms with Gasteiger partial charge in [0, 0.05) is 18.9 Å². The van der Waals surface area contributed by atoms with E-state index in [2.05, 4.69) is 29.5 Å². The number of hydrogen-bond donors (Lipinski definition) is 0. The molecular weight excluding hydrogens is 212 g/mol. The predicted octanol–water partition coefficient (Wildman–Crippen LogP) is 3.04. The van der Waals surface area contributed by atoms with Crippen molar-refractivity contribution in [1.82, 2.24) is 9.55 Å². The van der Waals surface area contributed by atoms with Crippen LogP contribution in [-0.4, -0.2) is 9.55 Å². The number of aryl methyl sites for hydroxylation is 2. The summed E-state index contributed by atoms with van der Waals surface area (Å²) in [5.74, 6) is 1.93. The zero-order valence-corrected chi connectivity index (χ0v) is 10.4. The Morgan fingerprint density at radius 2 is 2.06 bits per heavy atom. The molecule has 1 aromatic heterocycles. The average molecular weight is 230 g/mol. The third kappa shape index (κ3) is 2.67. The summed E-state index contributed by atoms with van der Waals surface area (Å²) >= 11 is 0. The fourth-order valence-electron chi connectivity index (χ4n) is 1.85. The highest BCUT2D eigenvalue weighted by Crippen LogP contribution is 2.19. The lowest BCUT2D eigenvalue weighted by Crippen LogP contribution is -2.06. The van der Waals surface area contributed by atoms with Gasteiger partial charge in [-0.1, -0.05) is 25.1 Å². The quantitative estimate of drug-likeness (QED) is 0.789. The van der Waals surface area contributed by atoms with Crippen LogP contribution in [0.25, 0.3) is 0 Å². The van der Waals surface area contributed by atoms with Gasteiger partial charge in [-0.3, -0.25) is 0 Å². The van der Waals surface area contributed by atoms with Crippen LogP contribution >= 0.6 is 0 Å². The van der Waals surface area contributed by atoms with Gasteiger partial charge in [0.1, 0.15) is 18.2 Å². The van der Waals surface area contributed by atoms with Gasteiger partial charge in [0.05, 0.1) is 0 Å². The summed E-state index contributed by atoms with van der Waals surface area (Å²) in [5.41, 5.74) is 1.24. The number of nitrogens with zero attached hydrogens (tertiary/aromatic N) is 2. The Kier molecular flexibility index (Phi) is 3.81. The molecule has 0 fully saturated rings. The van der Waals surface area contributed by atoms with Gasteiger partial charge in [-0.25, -0.2) is 4.98 Å². The summed E-state index contributed by atoms with van der Waals surface area (Å²) in [4.78, 5) is 4.30. The number of ether oxygens (including phenoxy) is 1. The molecule has 0 radical (unpaired) electrons. The molecule has 0 aliphatic rings.